The van der Waals surface area contributed by atoms with E-state index in [1.54, 1.807) is 6.92 Å². The molecule has 0 aliphatic carbocycles. The van der Waals surface area contributed by atoms with Gasteiger partial charge in [0.1, 0.15) is 0 Å². The summed E-state index contributed by atoms with van der Waals surface area (Å²) in [6, 6.07) is 0.441. The number of nitrogens with one attached hydrogen (secondary N) is 1. The first kappa shape index (κ1) is 15.4. The molecule has 0 saturated carbocycles. The number of H-pyrrole nitrogens is 1. The SMILES string of the molecule is Cc1[nH]nc(S(=O)(=O)N2CCC(N(C)C)CC2)c1CN. The summed E-state index contributed by atoms with van der Waals surface area (Å²) in [6.45, 7) is 3.01. The van der Waals surface area contributed by atoms with Crippen molar-refractivity contribution in [2.75, 3.05) is 27.2 Å². The van der Waals surface area contributed by atoms with E-state index in [0.717, 1.165) is 12.8 Å². The summed E-state index contributed by atoms with van der Waals surface area (Å²) in [5.74, 6) is 0. The van der Waals surface area contributed by atoms with Crippen LogP contribution in [-0.4, -0.2) is 61.0 Å². The van der Waals surface area contributed by atoms with E-state index in [0.29, 0.717) is 30.4 Å². The van der Waals surface area contributed by atoms with Crippen molar-refractivity contribution in [2.45, 2.75) is 37.4 Å². The third kappa shape index (κ3) is 2.73. The van der Waals surface area contributed by atoms with Crippen LogP contribution in [0.5, 0.6) is 0 Å². The second-order valence-corrected chi connectivity index (χ2v) is 7.29. The molecule has 7 nitrogen and oxygen atoms in total. The van der Waals surface area contributed by atoms with E-state index in [2.05, 4.69) is 15.1 Å². The van der Waals surface area contributed by atoms with Gasteiger partial charge >= 0.3 is 0 Å². The molecule has 0 atom stereocenters. The molecule has 0 radical (unpaired) electrons. The number of sulfonamides is 1. The van der Waals surface area contributed by atoms with Gasteiger partial charge in [-0.3, -0.25) is 5.10 Å². The number of aromatic amines is 1. The Balaban J connectivity index is 2.20. The number of rotatable bonds is 4. The van der Waals surface area contributed by atoms with Crippen LogP contribution in [0, 0.1) is 6.92 Å². The molecule has 0 unspecified atom stereocenters. The Kier molecular flexibility index (Phi) is 4.48. The van der Waals surface area contributed by atoms with E-state index in [4.69, 9.17) is 5.73 Å². The fourth-order valence-corrected chi connectivity index (χ4v) is 4.25. The summed E-state index contributed by atoms with van der Waals surface area (Å²) >= 11 is 0. The summed E-state index contributed by atoms with van der Waals surface area (Å²) in [4.78, 5) is 2.15. The van der Waals surface area contributed by atoms with E-state index < -0.39 is 10.0 Å². The lowest BCUT2D eigenvalue weighted by Crippen LogP contribution is -2.44. The second kappa shape index (κ2) is 5.80. The molecule has 3 N–H and O–H groups in total. The minimum Gasteiger partial charge on any atom is -0.326 e. The Morgan fingerprint density at radius 2 is 2.00 bits per heavy atom. The first-order valence-corrected chi connectivity index (χ1v) is 8.22. The molecular weight excluding hydrogens is 278 g/mol. The van der Waals surface area contributed by atoms with Crippen LogP contribution in [0.2, 0.25) is 0 Å². The zero-order valence-electron chi connectivity index (χ0n) is 12.3. The van der Waals surface area contributed by atoms with E-state index in [-0.39, 0.29) is 11.6 Å². The van der Waals surface area contributed by atoms with Crippen molar-refractivity contribution >= 4 is 10.0 Å². The molecule has 1 aliphatic rings. The fraction of sp³-hybridized carbons (Fsp3) is 0.750. The summed E-state index contributed by atoms with van der Waals surface area (Å²) in [7, 11) is 0.512. The largest absolute Gasteiger partial charge is 0.326 e. The van der Waals surface area contributed by atoms with Crippen molar-refractivity contribution < 1.29 is 8.42 Å². The van der Waals surface area contributed by atoms with Gasteiger partial charge in [0.25, 0.3) is 10.0 Å². The predicted molar refractivity (Wildman–Crippen MR) is 76.7 cm³/mol. The number of nitrogens with zero attached hydrogens (tertiary/aromatic N) is 3. The van der Waals surface area contributed by atoms with Crippen molar-refractivity contribution in [1.82, 2.24) is 19.4 Å². The number of hydrogen-bond donors (Lipinski definition) is 2. The minimum atomic E-state index is -3.54. The lowest BCUT2D eigenvalue weighted by Gasteiger charge is -2.34. The van der Waals surface area contributed by atoms with Gasteiger partial charge in [0.05, 0.1) is 0 Å². The summed E-state index contributed by atoms with van der Waals surface area (Å²) in [5, 5.41) is 6.74. The maximum atomic E-state index is 12.6. The van der Waals surface area contributed by atoms with E-state index >= 15 is 0 Å². The normalized spacial score (nSPS) is 18.9. The third-order valence-corrected chi connectivity index (χ3v) is 5.85. The first-order valence-electron chi connectivity index (χ1n) is 6.78. The van der Waals surface area contributed by atoms with Crippen molar-refractivity contribution in [2.24, 2.45) is 5.73 Å². The molecule has 8 heteroatoms. The van der Waals surface area contributed by atoms with Crippen LogP contribution < -0.4 is 5.73 Å². The smallest absolute Gasteiger partial charge is 0.262 e. The average molecular weight is 301 g/mol. The first-order chi connectivity index (χ1) is 9.37. The molecular formula is C12H23N5O2S. The van der Waals surface area contributed by atoms with Gasteiger partial charge in [-0.05, 0) is 33.9 Å². The zero-order valence-corrected chi connectivity index (χ0v) is 13.1. The number of nitrogens with two attached hydrogens (primary N) is 1. The molecule has 0 aromatic carbocycles. The lowest BCUT2D eigenvalue weighted by molar-refractivity contribution is 0.196. The van der Waals surface area contributed by atoms with Gasteiger partial charge in [0.2, 0.25) is 0 Å². The van der Waals surface area contributed by atoms with Crippen molar-refractivity contribution in [3.05, 3.63) is 11.3 Å². The molecule has 1 aromatic rings. The highest BCUT2D eigenvalue weighted by molar-refractivity contribution is 7.89. The molecule has 1 saturated heterocycles. The fourth-order valence-electron chi connectivity index (χ4n) is 2.60. The van der Waals surface area contributed by atoms with Crippen LogP contribution in [0.25, 0.3) is 0 Å². The zero-order chi connectivity index (χ0) is 14.9. The maximum Gasteiger partial charge on any atom is 0.262 e. The molecule has 2 rings (SSSR count). The topological polar surface area (TPSA) is 95.3 Å². The van der Waals surface area contributed by atoms with Gasteiger partial charge in [-0.15, -0.1) is 0 Å². The highest BCUT2D eigenvalue weighted by Crippen LogP contribution is 2.24. The summed E-state index contributed by atoms with van der Waals surface area (Å²) < 4.78 is 26.8. The van der Waals surface area contributed by atoms with Gasteiger partial charge in [0, 0.05) is 36.9 Å². The molecule has 2 heterocycles. The monoisotopic (exact) mass is 301 g/mol. The molecule has 114 valence electrons. The molecule has 20 heavy (non-hydrogen) atoms. The van der Waals surface area contributed by atoms with Crippen LogP contribution in [0.3, 0.4) is 0 Å². The molecule has 1 aromatic heterocycles. The van der Waals surface area contributed by atoms with Gasteiger partial charge < -0.3 is 10.6 Å². The van der Waals surface area contributed by atoms with Crippen molar-refractivity contribution in [3.8, 4) is 0 Å². The summed E-state index contributed by atoms with van der Waals surface area (Å²) in [6.07, 6.45) is 1.68. The van der Waals surface area contributed by atoms with Crippen LogP contribution in [0.1, 0.15) is 24.1 Å². The number of hydrogen-bond acceptors (Lipinski definition) is 5. The van der Waals surface area contributed by atoms with Crippen LogP contribution in [0.15, 0.2) is 5.03 Å². The summed E-state index contributed by atoms with van der Waals surface area (Å²) in [5.41, 5.74) is 6.93. The molecule has 0 amide bonds. The van der Waals surface area contributed by atoms with E-state index in [1.165, 1.54) is 4.31 Å². The molecule has 1 fully saturated rings. The van der Waals surface area contributed by atoms with Crippen LogP contribution >= 0.6 is 0 Å². The minimum absolute atomic E-state index is 0.0841. The van der Waals surface area contributed by atoms with Gasteiger partial charge in [-0.25, -0.2) is 8.42 Å². The Morgan fingerprint density at radius 3 is 2.50 bits per heavy atom. The van der Waals surface area contributed by atoms with Gasteiger partial charge in [-0.2, -0.15) is 9.40 Å². The Bertz CT molecular complexity index is 558. The second-order valence-electron chi connectivity index (χ2n) is 5.44. The Hall–Kier alpha value is -0.960. The highest BCUT2D eigenvalue weighted by Gasteiger charge is 2.33. The van der Waals surface area contributed by atoms with E-state index in [1.807, 2.05) is 14.1 Å². The molecule has 0 bridgehead atoms. The van der Waals surface area contributed by atoms with Crippen molar-refractivity contribution in [3.63, 3.8) is 0 Å². The van der Waals surface area contributed by atoms with Gasteiger partial charge in [-0.1, -0.05) is 0 Å². The van der Waals surface area contributed by atoms with Crippen LogP contribution in [0.4, 0.5) is 0 Å². The van der Waals surface area contributed by atoms with E-state index in [9.17, 15) is 8.42 Å². The highest BCUT2D eigenvalue weighted by atomic mass is 32.2. The quantitative estimate of drug-likeness (QED) is 0.809. The van der Waals surface area contributed by atoms with Gasteiger partial charge in [0.15, 0.2) is 5.03 Å². The molecule has 1 aliphatic heterocycles. The van der Waals surface area contributed by atoms with Crippen LogP contribution in [-0.2, 0) is 16.6 Å². The molecule has 0 spiro atoms. The Morgan fingerprint density at radius 1 is 1.40 bits per heavy atom. The maximum absolute atomic E-state index is 12.6. The Labute approximate surface area is 120 Å². The number of aromatic nitrogens is 2. The number of aryl methyl sites for hydroxylation is 1. The van der Waals surface area contributed by atoms with Crippen molar-refractivity contribution in [1.29, 1.82) is 0 Å². The third-order valence-electron chi connectivity index (χ3n) is 3.98. The predicted octanol–water partition coefficient (Wildman–Crippen LogP) is -0.108. The number of piperidine rings is 1. The standard InChI is InChI=1S/C12H23N5O2S/c1-9-11(8-13)12(15-14-9)20(18,19)17-6-4-10(5-7-17)16(2)3/h10H,4-8,13H2,1-3H3,(H,14,15). The lowest BCUT2D eigenvalue weighted by atomic mass is 10.1. The average Bonchev–Trinajstić information content (AvgIpc) is 2.80.